The van der Waals surface area contributed by atoms with Gasteiger partial charge in [-0.25, -0.2) is 0 Å². The molecule has 1 nitrogen and oxygen atoms in total. The average molecular weight is 216 g/mol. The van der Waals surface area contributed by atoms with Crippen molar-refractivity contribution in [1.29, 1.82) is 0 Å². The molecule has 1 aromatic carbocycles. The molecule has 3 rings (SSSR count). The average Bonchev–Trinajstić information content (AvgIpc) is 2.99. The van der Waals surface area contributed by atoms with Gasteiger partial charge >= 0.3 is 0 Å². The molecule has 0 aromatic heterocycles. The Labute approximate surface area is 97.5 Å². The molecular formula is C15H20O. The molecule has 1 saturated carbocycles. The van der Waals surface area contributed by atoms with Crippen molar-refractivity contribution in [1.82, 2.24) is 0 Å². The molecule has 86 valence electrons. The zero-order valence-corrected chi connectivity index (χ0v) is 10.00. The Balaban J connectivity index is 1.79. The summed E-state index contributed by atoms with van der Waals surface area (Å²) < 4.78 is 0. The van der Waals surface area contributed by atoms with Gasteiger partial charge in [-0.1, -0.05) is 18.2 Å². The lowest BCUT2D eigenvalue weighted by atomic mass is 9.90. The van der Waals surface area contributed by atoms with Gasteiger partial charge in [0, 0.05) is 6.42 Å². The summed E-state index contributed by atoms with van der Waals surface area (Å²) in [6.45, 7) is 2.00. The van der Waals surface area contributed by atoms with Crippen molar-refractivity contribution in [2.24, 2.45) is 5.92 Å². The Morgan fingerprint density at radius 1 is 1.25 bits per heavy atom. The maximum atomic E-state index is 10.4. The maximum Gasteiger partial charge on any atom is 0.0687 e. The fraction of sp³-hybridized carbons (Fsp3) is 0.600. The van der Waals surface area contributed by atoms with Crippen molar-refractivity contribution < 1.29 is 5.11 Å². The molecule has 0 spiro atoms. The fourth-order valence-electron chi connectivity index (χ4n) is 3.00. The molecule has 2 aliphatic rings. The molecular weight excluding hydrogens is 196 g/mol. The van der Waals surface area contributed by atoms with E-state index in [1.807, 2.05) is 6.92 Å². The monoisotopic (exact) mass is 216 g/mol. The molecule has 16 heavy (non-hydrogen) atoms. The zero-order valence-electron chi connectivity index (χ0n) is 10.00. The summed E-state index contributed by atoms with van der Waals surface area (Å²) in [5.74, 6) is 0.542. The molecule has 0 saturated heterocycles. The van der Waals surface area contributed by atoms with E-state index >= 15 is 0 Å². The predicted octanol–water partition coefficient (Wildman–Crippen LogP) is 2.88. The molecule has 1 atom stereocenters. The molecule has 2 aliphatic carbocycles. The first-order chi connectivity index (χ1) is 7.65. The van der Waals surface area contributed by atoms with Crippen LogP contribution in [0.5, 0.6) is 0 Å². The summed E-state index contributed by atoms with van der Waals surface area (Å²) in [6, 6.07) is 6.79. The van der Waals surface area contributed by atoms with E-state index in [1.54, 1.807) is 0 Å². The second-order valence-electron chi connectivity index (χ2n) is 5.76. The summed E-state index contributed by atoms with van der Waals surface area (Å²) in [5.41, 5.74) is 3.88. The summed E-state index contributed by atoms with van der Waals surface area (Å²) in [4.78, 5) is 0. The first kappa shape index (κ1) is 10.3. The van der Waals surface area contributed by atoms with Crippen molar-refractivity contribution in [2.75, 3.05) is 0 Å². The van der Waals surface area contributed by atoms with Crippen LogP contribution in [0, 0.1) is 5.92 Å². The first-order valence-electron chi connectivity index (χ1n) is 6.48. The predicted molar refractivity (Wildman–Crippen MR) is 65.5 cm³/mol. The third kappa shape index (κ3) is 1.89. The molecule has 0 bridgehead atoms. The third-order valence-corrected chi connectivity index (χ3v) is 4.18. The van der Waals surface area contributed by atoms with Crippen LogP contribution < -0.4 is 0 Å². The van der Waals surface area contributed by atoms with E-state index in [0.717, 1.165) is 6.42 Å². The normalized spacial score (nSPS) is 22.9. The topological polar surface area (TPSA) is 20.2 Å². The van der Waals surface area contributed by atoms with Crippen LogP contribution in [0.1, 0.15) is 42.9 Å². The molecule has 1 N–H and O–H groups in total. The van der Waals surface area contributed by atoms with E-state index in [4.69, 9.17) is 0 Å². The number of fused-ring (bicyclic) bond motifs is 1. The van der Waals surface area contributed by atoms with Gasteiger partial charge in [0.1, 0.15) is 0 Å². The zero-order chi connectivity index (χ0) is 11.2. The van der Waals surface area contributed by atoms with Crippen LogP contribution in [-0.4, -0.2) is 10.7 Å². The van der Waals surface area contributed by atoms with E-state index in [0.29, 0.717) is 5.92 Å². The van der Waals surface area contributed by atoms with E-state index in [9.17, 15) is 5.11 Å². The third-order valence-electron chi connectivity index (χ3n) is 4.18. The van der Waals surface area contributed by atoms with Gasteiger partial charge in [-0.3, -0.25) is 0 Å². The van der Waals surface area contributed by atoms with Crippen molar-refractivity contribution in [2.45, 2.75) is 51.0 Å². The molecule has 1 fully saturated rings. The number of aryl methyl sites for hydroxylation is 2. The molecule has 1 unspecified atom stereocenters. The summed E-state index contributed by atoms with van der Waals surface area (Å²) >= 11 is 0. The van der Waals surface area contributed by atoms with E-state index in [1.165, 1.54) is 48.8 Å². The van der Waals surface area contributed by atoms with Gasteiger partial charge in [0.15, 0.2) is 0 Å². The minimum atomic E-state index is -0.479. The van der Waals surface area contributed by atoms with E-state index < -0.39 is 5.60 Å². The Hall–Kier alpha value is -0.820. The Morgan fingerprint density at radius 3 is 2.75 bits per heavy atom. The van der Waals surface area contributed by atoms with Gasteiger partial charge in [-0.05, 0) is 61.6 Å². The molecule has 1 heteroatoms. The van der Waals surface area contributed by atoms with E-state index in [-0.39, 0.29) is 0 Å². The smallest absolute Gasteiger partial charge is 0.0687 e. The van der Waals surface area contributed by atoms with Gasteiger partial charge in [0.2, 0.25) is 0 Å². The summed E-state index contributed by atoms with van der Waals surface area (Å²) in [7, 11) is 0. The Kier molecular flexibility index (Phi) is 2.32. The number of rotatable bonds is 3. The quantitative estimate of drug-likeness (QED) is 0.823. The van der Waals surface area contributed by atoms with Gasteiger partial charge in [0.05, 0.1) is 5.60 Å². The molecule has 0 aliphatic heterocycles. The highest BCUT2D eigenvalue weighted by Crippen LogP contribution is 2.41. The second-order valence-corrected chi connectivity index (χ2v) is 5.76. The number of hydrogen-bond acceptors (Lipinski definition) is 1. The number of hydrogen-bond donors (Lipinski definition) is 1. The van der Waals surface area contributed by atoms with Gasteiger partial charge in [-0.2, -0.15) is 0 Å². The van der Waals surface area contributed by atoms with Gasteiger partial charge < -0.3 is 5.11 Å². The first-order valence-corrected chi connectivity index (χ1v) is 6.48. The van der Waals surface area contributed by atoms with Crippen molar-refractivity contribution in [3.63, 3.8) is 0 Å². The standard InChI is InChI=1S/C15H20O/c1-15(16,14-7-8-14)10-11-5-6-12-3-2-4-13(12)9-11/h5-6,9,14,16H,2-4,7-8,10H2,1H3. The molecule has 0 amide bonds. The molecule has 0 heterocycles. The lowest BCUT2D eigenvalue weighted by molar-refractivity contribution is 0.0372. The van der Waals surface area contributed by atoms with Crippen molar-refractivity contribution >= 4 is 0 Å². The number of benzene rings is 1. The van der Waals surface area contributed by atoms with E-state index in [2.05, 4.69) is 18.2 Å². The molecule has 1 aromatic rings. The Bertz CT molecular complexity index is 402. The Morgan fingerprint density at radius 2 is 2.00 bits per heavy atom. The summed E-state index contributed by atoms with van der Waals surface area (Å²) in [6.07, 6.45) is 7.02. The largest absolute Gasteiger partial charge is 0.390 e. The number of aliphatic hydroxyl groups is 1. The molecule has 0 radical (unpaired) electrons. The van der Waals surface area contributed by atoms with Crippen LogP contribution in [0.25, 0.3) is 0 Å². The van der Waals surface area contributed by atoms with Crippen LogP contribution in [0.2, 0.25) is 0 Å². The van der Waals surface area contributed by atoms with Crippen LogP contribution in [0.4, 0.5) is 0 Å². The summed E-state index contributed by atoms with van der Waals surface area (Å²) in [5, 5.41) is 10.4. The lowest BCUT2D eigenvalue weighted by Crippen LogP contribution is -2.29. The second kappa shape index (κ2) is 3.59. The highest BCUT2D eigenvalue weighted by Gasteiger charge is 2.39. The van der Waals surface area contributed by atoms with Crippen molar-refractivity contribution in [3.05, 3.63) is 34.9 Å². The van der Waals surface area contributed by atoms with Crippen molar-refractivity contribution in [3.8, 4) is 0 Å². The minimum absolute atomic E-state index is 0.479. The minimum Gasteiger partial charge on any atom is -0.390 e. The fourth-order valence-corrected chi connectivity index (χ4v) is 3.00. The lowest BCUT2D eigenvalue weighted by Gasteiger charge is -2.23. The maximum absolute atomic E-state index is 10.4. The van der Waals surface area contributed by atoms with Crippen LogP contribution in [0.15, 0.2) is 18.2 Å². The van der Waals surface area contributed by atoms with Crippen LogP contribution in [-0.2, 0) is 19.3 Å². The van der Waals surface area contributed by atoms with Gasteiger partial charge in [-0.15, -0.1) is 0 Å². The highest BCUT2D eigenvalue weighted by molar-refractivity contribution is 5.35. The van der Waals surface area contributed by atoms with Gasteiger partial charge in [0.25, 0.3) is 0 Å². The van der Waals surface area contributed by atoms with Crippen LogP contribution in [0.3, 0.4) is 0 Å². The highest BCUT2D eigenvalue weighted by atomic mass is 16.3. The SMILES string of the molecule is CC(O)(Cc1ccc2c(c1)CCC2)C1CC1. The van der Waals surface area contributed by atoms with Crippen LogP contribution >= 0.6 is 0 Å².